The second-order valence-corrected chi connectivity index (χ2v) is 4.41. The second kappa shape index (κ2) is 7.53. The topological polar surface area (TPSA) is 50.7 Å². The molecule has 0 aliphatic heterocycles. The maximum absolute atomic E-state index is 9.55. The predicted molar refractivity (Wildman–Crippen MR) is 78.4 cm³/mol. The van der Waals surface area contributed by atoms with Gasteiger partial charge in [-0.2, -0.15) is 0 Å². The molecule has 2 rings (SSSR count). The van der Waals surface area contributed by atoms with E-state index in [-0.39, 0.29) is 6.61 Å². The molecule has 0 heterocycles. The maximum Gasteiger partial charge on any atom is 0.127 e. The van der Waals surface area contributed by atoms with Crippen LogP contribution in [-0.4, -0.2) is 31.4 Å². The lowest BCUT2D eigenvalue weighted by molar-refractivity contribution is 0.108. The van der Waals surface area contributed by atoms with Crippen LogP contribution in [-0.2, 0) is 0 Å². The van der Waals surface area contributed by atoms with E-state index in [1.54, 1.807) is 7.05 Å². The molecule has 4 nitrogen and oxygen atoms in total. The van der Waals surface area contributed by atoms with Crippen molar-refractivity contribution in [1.29, 1.82) is 0 Å². The van der Waals surface area contributed by atoms with Crippen LogP contribution in [0.25, 0.3) is 0 Å². The monoisotopic (exact) mass is 273 g/mol. The van der Waals surface area contributed by atoms with Gasteiger partial charge < -0.3 is 19.9 Å². The fourth-order valence-corrected chi connectivity index (χ4v) is 1.72. The number of benzene rings is 2. The normalized spacial score (nSPS) is 11.9. The number of aliphatic hydroxyl groups excluding tert-OH is 1. The van der Waals surface area contributed by atoms with Crippen LogP contribution < -0.4 is 14.8 Å². The quantitative estimate of drug-likeness (QED) is 0.813. The summed E-state index contributed by atoms with van der Waals surface area (Å²) < 4.78 is 11.2. The van der Waals surface area contributed by atoms with Crippen LogP contribution in [0.2, 0.25) is 0 Å². The van der Waals surface area contributed by atoms with Gasteiger partial charge in [0.25, 0.3) is 0 Å². The lowest BCUT2D eigenvalue weighted by Gasteiger charge is -2.12. The average molecular weight is 273 g/mol. The lowest BCUT2D eigenvalue weighted by Crippen LogP contribution is -2.29. The average Bonchev–Trinajstić information content (AvgIpc) is 2.48. The lowest BCUT2D eigenvalue weighted by atomic mass is 10.3. The van der Waals surface area contributed by atoms with Gasteiger partial charge in [-0.05, 0) is 43.4 Å². The van der Waals surface area contributed by atoms with Gasteiger partial charge in [0.15, 0.2) is 0 Å². The maximum atomic E-state index is 9.55. The molecular formula is C16H19NO3. The van der Waals surface area contributed by atoms with Crippen molar-refractivity contribution in [3.8, 4) is 17.2 Å². The molecule has 0 saturated heterocycles. The van der Waals surface area contributed by atoms with Gasteiger partial charge in [0.1, 0.15) is 30.0 Å². The molecule has 0 bridgehead atoms. The van der Waals surface area contributed by atoms with Gasteiger partial charge in [0.05, 0.1) is 0 Å². The molecule has 106 valence electrons. The van der Waals surface area contributed by atoms with E-state index >= 15 is 0 Å². The molecule has 0 fully saturated rings. The van der Waals surface area contributed by atoms with Gasteiger partial charge >= 0.3 is 0 Å². The first-order valence-corrected chi connectivity index (χ1v) is 6.56. The number of nitrogens with one attached hydrogen (secondary N) is 1. The van der Waals surface area contributed by atoms with Crippen LogP contribution in [0.1, 0.15) is 0 Å². The fourth-order valence-electron chi connectivity index (χ4n) is 1.72. The second-order valence-electron chi connectivity index (χ2n) is 4.41. The van der Waals surface area contributed by atoms with Crippen LogP contribution in [0.15, 0.2) is 54.6 Å². The number of para-hydroxylation sites is 1. The summed E-state index contributed by atoms with van der Waals surface area (Å²) in [4.78, 5) is 0. The highest BCUT2D eigenvalue weighted by Gasteiger charge is 2.04. The Morgan fingerprint density at radius 1 is 0.950 bits per heavy atom. The molecule has 2 aromatic carbocycles. The Bertz CT molecular complexity index is 499. The summed E-state index contributed by atoms with van der Waals surface area (Å²) in [6, 6.07) is 16.9. The first-order chi connectivity index (χ1) is 9.78. The Hall–Kier alpha value is -2.04. The molecule has 0 aromatic heterocycles. The van der Waals surface area contributed by atoms with Gasteiger partial charge in [-0.15, -0.1) is 0 Å². The summed E-state index contributed by atoms with van der Waals surface area (Å²) >= 11 is 0. The molecule has 0 radical (unpaired) electrons. The third-order valence-corrected chi connectivity index (χ3v) is 2.68. The standard InChI is InChI=1S/C16H19NO3/c1-17-11-13(18)12-19-14-7-9-16(10-8-14)20-15-5-3-2-4-6-15/h2-10,13,17-18H,11-12H2,1H3. The van der Waals surface area contributed by atoms with Gasteiger partial charge in [0.2, 0.25) is 0 Å². The highest BCUT2D eigenvalue weighted by Crippen LogP contribution is 2.23. The fraction of sp³-hybridized carbons (Fsp3) is 0.250. The van der Waals surface area contributed by atoms with Crippen molar-refractivity contribution in [1.82, 2.24) is 5.32 Å². The summed E-state index contributed by atoms with van der Waals surface area (Å²) in [6.07, 6.45) is -0.514. The predicted octanol–water partition coefficient (Wildman–Crippen LogP) is 2.44. The third-order valence-electron chi connectivity index (χ3n) is 2.68. The molecule has 0 saturated carbocycles. The number of hydrogen-bond donors (Lipinski definition) is 2. The zero-order chi connectivity index (χ0) is 14.2. The molecule has 1 unspecified atom stereocenters. The van der Waals surface area contributed by atoms with Gasteiger partial charge in [0, 0.05) is 6.54 Å². The van der Waals surface area contributed by atoms with E-state index in [0.29, 0.717) is 12.3 Å². The zero-order valence-corrected chi connectivity index (χ0v) is 11.5. The van der Waals surface area contributed by atoms with E-state index < -0.39 is 6.10 Å². The van der Waals surface area contributed by atoms with Crippen molar-refractivity contribution in [3.05, 3.63) is 54.6 Å². The molecule has 2 aromatic rings. The molecule has 0 spiro atoms. The summed E-state index contributed by atoms with van der Waals surface area (Å²) in [7, 11) is 1.79. The Morgan fingerprint density at radius 2 is 1.55 bits per heavy atom. The smallest absolute Gasteiger partial charge is 0.127 e. The minimum Gasteiger partial charge on any atom is -0.491 e. The van der Waals surface area contributed by atoms with Crippen molar-refractivity contribution in [3.63, 3.8) is 0 Å². The Balaban J connectivity index is 1.87. The van der Waals surface area contributed by atoms with Gasteiger partial charge in [-0.1, -0.05) is 18.2 Å². The minimum atomic E-state index is -0.514. The number of aliphatic hydroxyl groups is 1. The first kappa shape index (κ1) is 14.4. The van der Waals surface area contributed by atoms with Crippen molar-refractivity contribution in [2.24, 2.45) is 0 Å². The Morgan fingerprint density at radius 3 is 2.20 bits per heavy atom. The summed E-state index contributed by atoms with van der Waals surface area (Å²) in [5.41, 5.74) is 0. The van der Waals surface area contributed by atoms with Crippen molar-refractivity contribution in [2.45, 2.75) is 6.10 Å². The number of ether oxygens (including phenoxy) is 2. The van der Waals surface area contributed by atoms with E-state index in [4.69, 9.17) is 9.47 Å². The highest BCUT2D eigenvalue weighted by molar-refractivity contribution is 5.35. The van der Waals surface area contributed by atoms with Gasteiger partial charge in [-0.25, -0.2) is 0 Å². The Kier molecular flexibility index (Phi) is 5.41. The van der Waals surface area contributed by atoms with E-state index in [1.807, 2.05) is 54.6 Å². The molecule has 20 heavy (non-hydrogen) atoms. The van der Waals surface area contributed by atoms with Crippen LogP contribution >= 0.6 is 0 Å². The van der Waals surface area contributed by atoms with Crippen molar-refractivity contribution >= 4 is 0 Å². The molecule has 2 N–H and O–H groups in total. The highest BCUT2D eigenvalue weighted by atomic mass is 16.5. The minimum absolute atomic E-state index is 0.264. The Labute approximate surface area is 119 Å². The van der Waals surface area contributed by atoms with Gasteiger partial charge in [-0.3, -0.25) is 0 Å². The summed E-state index contributed by atoms with van der Waals surface area (Å²) in [6.45, 7) is 0.773. The molecule has 0 aliphatic rings. The molecule has 4 heteroatoms. The van der Waals surface area contributed by atoms with E-state index in [2.05, 4.69) is 5.32 Å². The first-order valence-electron chi connectivity index (χ1n) is 6.56. The molecule has 1 atom stereocenters. The zero-order valence-electron chi connectivity index (χ0n) is 11.5. The van der Waals surface area contributed by atoms with Crippen LogP contribution in [0.5, 0.6) is 17.2 Å². The van der Waals surface area contributed by atoms with Crippen molar-refractivity contribution < 1.29 is 14.6 Å². The number of likely N-dealkylation sites (N-methyl/N-ethyl adjacent to an activating group) is 1. The SMILES string of the molecule is CNCC(O)COc1ccc(Oc2ccccc2)cc1. The molecule has 0 amide bonds. The third kappa shape index (κ3) is 4.57. The molecular weight excluding hydrogens is 254 g/mol. The number of hydrogen-bond acceptors (Lipinski definition) is 4. The number of rotatable bonds is 7. The van der Waals surface area contributed by atoms with E-state index in [0.717, 1.165) is 11.5 Å². The van der Waals surface area contributed by atoms with E-state index in [9.17, 15) is 5.11 Å². The van der Waals surface area contributed by atoms with Crippen LogP contribution in [0, 0.1) is 0 Å². The summed E-state index contributed by atoms with van der Waals surface area (Å²) in [5, 5.41) is 12.4. The van der Waals surface area contributed by atoms with Crippen LogP contribution in [0.3, 0.4) is 0 Å². The molecule has 0 aliphatic carbocycles. The van der Waals surface area contributed by atoms with Crippen molar-refractivity contribution in [2.75, 3.05) is 20.2 Å². The van der Waals surface area contributed by atoms with E-state index in [1.165, 1.54) is 0 Å². The summed E-state index contributed by atoms with van der Waals surface area (Å²) in [5.74, 6) is 2.26. The largest absolute Gasteiger partial charge is 0.491 e. The van der Waals surface area contributed by atoms with Crippen LogP contribution in [0.4, 0.5) is 0 Å².